The molecule has 17 nitrogen and oxygen atoms in total. The van der Waals surface area contributed by atoms with Crippen molar-refractivity contribution in [2.75, 3.05) is 39.6 Å². The highest BCUT2D eigenvalue weighted by molar-refractivity contribution is 7.47. The molecule has 0 aliphatic rings. The van der Waals surface area contributed by atoms with Gasteiger partial charge >= 0.3 is 39.5 Å². The summed E-state index contributed by atoms with van der Waals surface area (Å²) < 4.78 is 68.5. The van der Waals surface area contributed by atoms with E-state index in [9.17, 15) is 43.2 Å². The number of phosphoric acid groups is 2. The predicted octanol–water partition coefficient (Wildman–Crippen LogP) is 22.4. The predicted molar refractivity (Wildman–Crippen MR) is 400 cm³/mol. The highest BCUT2D eigenvalue weighted by atomic mass is 31.2. The molecule has 0 aromatic heterocycles. The molecule has 0 spiro atoms. The van der Waals surface area contributed by atoms with Gasteiger partial charge in [-0.3, -0.25) is 37.3 Å². The maximum Gasteiger partial charge on any atom is 0.472 e. The summed E-state index contributed by atoms with van der Waals surface area (Å²) in [4.78, 5) is 72.9. The van der Waals surface area contributed by atoms with Gasteiger partial charge in [0.15, 0.2) is 12.2 Å². The Bertz CT molecular complexity index is 2140. The summed E-state index contributed by atoms with van der Waals surface area (Å²) in [5, 5.41) is 10.6. The van der Waals surface area contributed by atoms with E-state index in [-0.39, 0.29) is 25.7 Å². The molecule has 0 saturated carbocycles. The van der Waals surface area contributed by atoms with Gasteiger partial charge < -0.3 is 33.8 Å². The molecule has 0 radical (unpaired) electrons. The van der Waals surface area contributed by atoms with Crippen molar-refractivity contribution in [3.63, 3.8) is 0 Å². The molecule has 19 heteroatoms. The van der Waals surface area contributed by atoms with Gasteiger partial charge in [-0.2, -0.15) is 0 Å². The average Bonchev–Trinajstić information content (AvgIpc) is 1.04. The number of esters is 4. The van der Waals surface area contributed by atoms with Crippen molar-refractivity contribution in [1.82, 2.24) is 0 Å². The van der Waals surface area contributed by atoms with E-state index in [0.29, 0.717) is 25.7 Å². The van der Waals surface area contributed by atoms with Gasteiger partial charge in [-0.1, -0.05) is 280 Å². The van der Waals surface area contributed by atoms with E-state index < -0.39 is 97.5 Å². The van der Waals surface area contributed by atoms with Crippen molar-refractivity contribution in [3.8, 4) is 0 Å². The summed E-state index contributed by atoms with van der Waals surface area (Å²) in [6, 6.07) is 0. The minimum Gasteiger partial charge on any atom is -0.462 e. The zero-order chi connectivity index (χ0) is 71.8. The Hall–Kier alpha value is -3.50. The van der Waals surface area contributed by atoms with Crippen molar-refractivity contribution in [1.29, 1.82) is 0 Å². The van der Waals surface area contributed by atoms with E-state index in [4.69, 9.17) is 37.0 Å². The lowest BCUT2D eigenvalue weighted by Gasteiger charge is -2.21. The summed E-state index contributed by atoms with van der Waals surface area (Å²) in [6.45, 7) is 4.80. The average molecular weight is 1430 g/mol. The SMILES string of the molecule is CCCCC/C=C\C/C=C\CCCCCCCC(=O)O[C@H](COC(=O)CCCCCCC/C=C\C=C/CCCCCC)COP(=O)(O)OC[C@H](O)COP(=O)(O)OC[C@@H](COC(=O)CCCCCCCCCCCCCCC)OC(=O)CCCCCCC/C=C\C/C=C\CCCCC. The smallest absolute Gasteiger partial charge is 0.462 e. The van der Waals surface area contributed by atoms with Crippen molar-refractivity contribution in [2.45, 2.75) is 367 Å². The van der Waals surface area contributed by atoms with Crippen LogP contribution in [0.1, 0.15) is 349 Å². The summed E-state index contributed by atoms with van der Waals surface area (Å²) in [5.74, 6) is -2.20. The van der Waals surface area contributed by atoms with Crippen LogP contribution in [0.3, 0.4) is 0 Å². The van der Waals surface area contributed by atoms with Gasteiger partial charge in [0.25, 0.3) is 0 Å². The Balaban J connectivity index is 5.36. The van der Waals surface area contributed by atoms with E-state index in [2.05, 4.69) is 101 Å². The largest absolute Gasteiger partial charge is 0.472 e. The molecule has 0 amide bonds. The summed E-state index contributed by atoms with van der Waals surface area (Å²) in [6.07, 6.45) is 71.6. The Morgan fingerprint density at radius 2 is 0.531 bits per heavy atom. The third-order valence-electron chi connectivity index (χ3n) is 16.7. The van der Waals surface area contributed by atoms with Gasteiger partial charge in [0.05, 0.1) is 26.4 Å². The van der Waals surface area contributed by atoms with Crippen LogP contribution in [0.2, 0.25) is 0 Å². The second kappa shape index (κ2) is 71.9. The first-order valence-electron chi connectivity index (χ1n) is 39.2. The van der Waals surface area contributed by atoms with E-state index in [1.54, 1.807) is 0 Å². The number of ether oxygens (including phenoxy) is 4. The minimum absolute atomic E-state index is 0.0777. The fourth-order valence-electron chi connectivity index (χ4n) is 10.6. The van der Waals surface area contributed by atoms with E-state index in [1.807, 2.05) is 0 Å². The molecule has 0 aliphatic carbocycles. The Labute approximate surface area is 596 Å². The molecule has 0 aromatic rings. The van der Waals surface area contributed by atoms with Crippen LogP contribution >= 0.6 is 15.6 Å². The molecule has 0 saturated heterocycles. The Morgan fingerprint density at radius 1 is 0.296 bits per heavy atom. The fraction of sp³-hybridized carbons (Fsp3) is 0.797. The molecule has 98 heavy (non-hydrogen) atoms. The number of carbonyl (C=O) groups is 4. The quantitative estimate of drug-likeness (QED) is 0.0128. The number of hydrogen-bond donors (Lipinski definition) is 3. The lowest BCUT2D eigenvalue weighted by molar-refractivity contribution is -0.161. The zero-order valence-electron chi connectivity index (χ0n) is 62.2. The third kappa shape index (κ3) is 70.9. The zero-order valence-corrected chi connectivity index (χ0v) is 64.0. The van der Waals surface area contributed by atoms with Crippen LogP contribution in [0.15, 0.2) is 72.9 Å². The van der Waals surface area contributed by atoms with Crippen LogP contribution in [0.5, 0.6) is 0 Å². The summed E-state index contributed by atoms with van der Waals surface area (Å²) in [5.41, 5.74) is 0. The number of carbonyl (C=O) groups excluding carboxylic acids is 4. The number of hydrogen-bond acceptors (Lipinski definition) is 15. The fourth-order valence-corrected chi connectivity index (χ4v) is 12.2. The van der Waals surface area contributed by atoms with E-state index in [1.165, 1.54) is 122 Å². The molecule has 0 rings (SSSR count). The van der Waals surface area contributed by atoms with Gasteiger partial charge in [-0.25, -0.2) is 9.13 Å². The van der Waals surface area contributed by atoms with Gasteiger partial charge in [-0.15, -0.1) is 0 Å². The number of phosphoric ester groups is 2. The summed E-state index contributed by atoms with van der Waals surface area (Å²) >= 11 is 0. The topological polar surface area (TPSA) is 237 Å². The Kier molecular flexibility index (Phi) is 69.3. The van der Waals surface area contributed by atoms with Crippen molar-refractivity contribution in [2.24, 2.45) is 0 Å². The van der Waals surface area contributed by atoms with E-state index in [0.717, 1.165) is 148 Å². The van der Waals surface area contributed by atoms with Crippen LogP contribution in [0, 0.1) is 0 Å². The van der Waals surface area contributed by atoms with Crippen molar-refractivity contribution < 1.29 is 80.2 Å². The van der Waals surface area contributed by atoms with Gasteiger partial charge in [-0.05, 0) is 116 Å². The van der Waals surface area contributed by atoms with Gasteiger partial charge in [0.1, 0.15) is 19.3 Å². The molecule has 3 N–H and O–H groups in total. The first kappa shape index (κ1) is 94.5. The maximum absolute atomic E-state index is 13.1. The van der Waals surface area contributed by atoms with Gasteiger partial charge in [0.2, 0.25) is 0 Å². The first-order chi connectivity index (χ1) is 47.7. The molecule has 0 aromatic carbocycles. The number of aliphatic hydroxyl groups is 1. The standard InChI is InChI=1S/C79H142O17P2/c1-5-9-13-17-21-25-29-33-36-40-44-48-52-56-60-64-77(82)90-70-75(96-79(84)66-62-58-54-50-46-42-38-35-31-27-23-19-15-11-7-3)72-94-98(87,88)92-68-73(80)67-91-97(85,86)93-71-74(69-89-76(81)63-59-55-51-47-43-39-32-28-24-20-16-12-8-4)95-78(83)65-61-57-53-49-45-41-37-34-30-26-22-18-14-10-6-2/h22-23,25-27,29,33-38,73-75,80H,5-21,24,28,30-32,39-72H2,1-4H3,(H,85,86)(H,87,88)/b26-22-,27-23-,29-25-,36-33-,37-34-,38-35-/t73-,74-,75-/m1/s1. The van der Waals surface area contributed by atoms with Crippen LogP contribution in [-0.4, -0.2) is 96.7 Å². The Morgan fingerprint density at radius 3 is 0.847 bits per heavy atom. The second-order valence-corrected chi connectivity index (χ2v) is 29.2. The molecule has 0 fully saturated rings. The van der Waals surface area contributed by atoms with Crippen LogP contribution < -0.4 is 0 Å². The highest BCUT2D eigenvalue weighted by Crippen LogP contribution is 2.45. The number of rotatable bonds is 74. The monoisotopic (exact) mass is 1420 g/mol. The third-order valence-corrected chi connectivity index (χ3v) is 18.6. The van der Waals surface area contributed by atoms with Crippen LogP contribution in [0.4, 0.5) is 0 Å². The number of allylic oxidation sites excluding steroid dienone is 12. The summed E-state index contributed by atoms with van der Waals surface area (Å²) in [7, 11) is -9.95. The molecule has 0 bridgehead atoms. The second-order valence-electron chi connectivity index (χ2n) is 26.3. The van der Waals surface area contributed by atoms with Crippen molar-refractivity contribution >= 4 is 39.5 Å². The number of unbranched alkanes of at least 4 members (excludes halogenated alkanes) is 37. The van der Waals surface area contributed by atoms with Crippen molar-refractivity contribution in [3.05, 3.63) is 72.9 Å². The lowest BCUT2D eigenvalue weighted by atomic mass is 10.0. The number of aliphatic hydroxyl groups excluding tert-OH is 1. The molecule has 0 aliphatic heterocycles. The highest BCUT2D eigenvalue weighted by Gasteiger charge is 2.30. The van der Waals surface area contributed by atoms with E-state index >= 15 is 0 Å². The van der Waals surface area contributed by atoms with Crippen LogP contribution in [0.25, 0.3) is 0 Å². The minimum atomic E-state index is -4.98. The molecular formula is C79H142O17P2. The van der Waals surface area contributed by atoms with Crippen LogP contribution in [-0.2, 0) is 65.4 Å². The lowest BCUT2D eigenvalue weighted by Crippen LogP contribution is -2.30. The molecule has 2 unspecified atom stereocenters. The molecule has 0 heterocycles. The molecule has 570 valence electrons. The molecule has 5 atom stereocenters. The molecular weight excluding hydrogens is 1280 g/mol. The normalized spacial score (nSPS) is 14.3. The van der Waals surface area contributed by atoms with Gasteiger partial charge in [0, 0.05) is 25.7 Å². The first-order valence-corrected chi connectivity index (χ1v) is 42.2. The maximum atomic E-state index is 13.1.